The molecule has 1 rings (SSSR count). The van der Waals surface area contributed by atoms with E-state index in [1.807, 2.05) is 30.3 Å². The van der Waals surface area contributed by atoms with Crippen LogP contribution in [-0.4, -0.2) is 30.4 Å². The molecule has 19 heavy (non-hydrogen) atoms. The van der Waals surface area contributed by atoms with Gasteiger partial charge in [-0.25, -0.2) is 5.84 Å². The largest absolute Gasteiger partial charge is 0.302 e. The minimum absolute atomic E-state index is 0.122. The Hall–Kier alpha value is -1.39. The molecule has 0 aliphatic carbocycles. The van der Waals surface area contributed by atoms with Gasteiger partial charge in [0.05, 0.1) is 5.92 Å². The highest BCUT2D eigenvalue weighted by Crippen LogP contribution is 2.17. The lowest BCUT2D eigenvalue weighted by atomic mass is 9.97. The number of hydrogen-bond donors (Lipinski definition) is 2. The van der Waals surface area contributed by atoms with Crippen molar-refractivity contribution in [3.63, 3.8) is 0 Å². The van der Waals surface area contributed by atoms with E-state index in [2.05, 4.69) is 24.2 Å². The zero-order chi connectivity index (χ0) is 14.1. The van der Waals surface area contributed by atoms with E-state index >= 15 is 0 Å². The van der Waals surface area contributed by atoms with Crippen molar-refractivity contribution in [2.75, 3.05) is 19.6 Å². The van der Waals surface area contributed by atoms with Crippen molar-refractivity contribution >= 4 is 5.91 Å². The van der Waals surface area contributed by atoms with Crippen LogP contribution in [0.25, 0.3) is 0 Å². The van der Waals surface area contributed by atoms with Crippen LogP contribution in [-0.2, 0) is 4.79 Å². The van der Waals surface area contributed by atoms with Crippen LogP contribution >= 0.6 is 0 Å². The molecule has 0 saturated carbocycles. The maximum atomic E-state index is 12.0. The lowest BCUT2D eigenvalue weighted by molar-refractivity contribution is -0.123. The topological polar surface area (TPSA) is 58.4 Å². The third kappa shape index (κ3) is 5.01. The Labute approximate surface area is 115 Å². The number of hydrazine groups is 1. The highest BCUT2D eigenvalue weighted by atomic mass is 16.2. The summed E-state index contributed by atoms with van der Waals surface area (Å²) >= 11 is 0. The summed E-state index contributed by atoms with van der Waals surface area (Å²) in [7, 11) is 0. The SMILES string of the molecule is CCCN(CCC)CC(C(=O)NN)c1ccccc1. The molecule has 0 aromatic heterocycles. The summed E-state index contributed by atoms with van der Waals surface area (Å²) in [6, 6.07) is 9.83. The summed E-state index contributed by atoms with van der Waals surface area (Å²) in [6.45, 7) is 7.05. The first-order valence-electron chi connectivity index (χ1n) is 7.00. The molecule has 1 amide bonds. The van der Waals surface area contributed by atoms with Crippen LogP contribution in [0.5, 0.6) is 0 Å². The second kappa shape index (κ2) is 8.67. The maximum absolute atomic E-state index is 12.0. The van der Waals surface area contributed by atoms with Crippen molar-refractivity contribution < 1.29 is 4.79 Å². The van der Waals surface area contributed by atoms with Crippen LogP contribution in [0.2, 0.25) is 0 Å². The number of benzene rings is 1. The highest BCUT2D eigenvalue weighted by molar-refractivity contribution is 5.83. The minimum Gasteiger partial charge on any atom is -0.302 e. The van der Waals surface area contributed by atoms with Crippen LogP contribution in [0.3, 0.4) is 0 Å². The van der Waals surface area contributed by atoms with Crippen LogP contribution < -0.4 is 11.3 Å². The molecule has 1 aromatic carbocycles. The minimum atomic E-state index is -0.204. The monoisotopic (exact) mass is 263 g/mol. The first-order valence-corrected chi connectivity index (χ1v) is 7.00. The summed E-state index contributed by atoms with van der Waals surface area (Å²) in [6.07, 6.45) is 2.18. The molecule has 3 N–H and O–H groups in total. The van der Waals surface area contributed by atoms with Gasteiger partial charge >= 0.3 is 0 Å². The molecule has 0 aliphatic rings. The summed E-state index contributed by atoms with van der Waals surface area (Å²) in [4.78, 5) is 14.3. The lowest BCUT2D eigenvalue weighted by Gasteiger charge is -2.26. The molecule has 0 spiro atoms. The van der Waals surface area contributed by atoms with Gasteiger partial charge in [0.1, 0.15) is 0 Å². The maximum Gasteiger partial charge on any atom is 0.242 e. The third-order valence-corrected chi connectivity index (χ3v) is 3.18. The Morgan fingerprint density at radius 2 is 1.79 bits per heavy atom. The highest BCUT2D eigenvalue weighted by Gasteiger charge is 2.22. The average molecular weight is 263 g/mol. The molecule has 0 aliphatic heterocycles. The van der Waals surface area contributed by atoms with Crippen molar-refractivity contribution in [2.45, 2.75) is 32.6 Å². The molecule has 0 radical (unpaired) electrons. The standard InChI is InChI=1S/C15H25N3O/c1-3-10-18(11-4-2)12-14(15(19)17-16)13-8-6-5-7-9-13/h5-9,14H,3-4,10-12,16H2,1-2H3,(H,17,19). The van der Waals surface area contributed by atoms with Gasteiger partial charge in [0.15, 0.2) is 0 Å². The summed E-state index contributed by atoms with van der Waals surface area (Å²) in [5.41, 5.74) is 3.30. The quantitative estimate of drug-likeness (QED) is 0.428. The van der Waals surface area contributed by atoms with Crippen molar-refractivity contribution in [1.82, 2.24) is 10.3 Å². The molecule has 1 atom stereocenters. The van der Waals surface area contributed by atoms with E-state index in [9.17, 15) is 4.79 Å². The van der Waals surface area contributed by atoms with Gasteiger partial charge in [0, 0.05) is 6.54 Å². The predicted molar refractivity (Wildman–Crippen MR) is 78.5 cm³/mol. The van der Waals surface area contributed by atoms with Gasteiger partial charge in [0.2, 0.25) is 5.91 Å². The Bertz CT molecular complexity index is 361. The summed E-state index contributed by atoms with van der Waals surface area (Å²) in [5.74, 6) is 4.99. The molecule has 1 unspecified atom stereocenters. The molecule has 0 heterocycles. The molecular formula is C15H25N3O. The fraction of sp³-hybridized carbons (Fsp3) is 0.533. The third-order valence-electron chi connectivity index (χ3n) is 3.18. The zero-order valence-electron chi connectivity index (χ0n) is 11.9. The van der Waals surface area contributed by atoms with Gasteiger partial charge in [-0.15, -0.1) is 0 Å². The van der Waals surface area contributed by atoms with Crippen molar-refractivity contribution in [2.24, 2.45) is 5.84 Å². The van der Waals surface area contributed by atoms with Crippen molar-refractivity contribution in [3.8, 4) is 0 Å². The van der Waals surface area contributed by atoms with Gasteiger partial charge in [0.25, 0.3) is 0 Å². The van der Waals surface area contributed by atoms with Crippen LogP contribution in [0.1, 0.15) is 38.2 Å². The molecule has 106 valence electrons. The Balaban J connectivity index is 2.82. The second-order valence-corrected chi connectivity index (χ2v) is 4.77. The Kier molecular flexibility index (Phi) is 7.15. The van der Waals surface area contributed by atoms with Gasteiger partial charge in [-0.2, -0.15) is 0 Å². The number of hydrogen-bond acceptors (Lipinski definition) is 3. The number of nitrogens with two attached hydrogens (primary N) is 1. The van der Waals surface area contributed by atoms with Gasteiger partial charge < -0.3 is 4.90 Å². The van der Waals surface area contributed by atoms with E-state index in [0.29, 0.717) is 6.54 Å². The number of rotatable bonds is 8. The first kappa shape index (κ1) is 15.7. The smallest absolute Gasteiger partial charge is 0.242 e. The van der Waals surface area contributed by atoms with E-state index in [1.54, 1.807) is 0 Å². The van der Waals surface area contributed by atoms with Gasteiger partial charge in [-0.1, -0.05) is 44.2 Å². The number of nitrogens with one attached hydrogen (secondary N) is 1. The summed E-state index contributed by atoms with van der Waals surface area (Å²) < 4.78 is 0. The summed E-state index contributed by atoms with van der Waals surface area (Å²) in [5, 5.41) is 0. The fourth-order valence-electron chi connectivity index (χ4n) is 2.31. The van der Waals surface area contributed by atoms with Gasteiger partial charge in [-0.3, -0.25) is 10.2 Å². The van der Waals surface area contributed by atoms with Crippen LogP contribution in [0.4, 0.5) is 0 Å². The van der Waals surface area contributed by atoms with Crippen molar-refractivity contribution in [1.29, 1.82) is 0 Å². The first-order chi connectivity index (χ1) is 9.22. The Morgan fingerprint density at radius 3 is 2.26 bits per heavy atom. The molecular weight excluding hydrogens is 238 g/mol. The molecule has 0 fully saturated rings. The van der Waals surface area contributed by atoms with Crippen LogP contribution in [0.15, 0.2) is 30.3 Å². The second-order valence-electron chi connectivity index (χ2n) is 4.77. The predicted octanol–water partition coefficient (Wildman–Crippen LogP) is 1.88. The number of nitrogens with zero attached hydrogens (tertiary/aromatic N) is 1. The van der Waals surface area contributed by atoms with E-state index in [4.69, 9.17) is 5.84 Å². The number of carbonyl (C=O) groups excluding carboxylic acids is 1. The van der Waals surface area contributed by atoms with Crippen LogP contribution in [0, 0.1) is 0 Å². The van der Waals surface area contributed by atoms with E-state index in [1.165, 1.54) is 0 Å². The molecule has 1 aromatic rings. The number of amides is 1. The molecule has 0 saturated heterocycles. The Morgan fingerprint density at radius 1 is 1.21 bits per heavy atom. The zero-order valence-corrected chi connectivity index (χ0v) is 11.9. The number of carbonyl (C=O) groups is 1. The lowest BCUT2D eigenvalue weighted by Crippen LogP contribution is -2.41. The normalized spacial score (nSPS) is 12.4. The van der Waals surface area contributed by atoms with E-state index < -0.39 is 0 Å². The van der Waals surface area contributed by atoms with Crippen molar-refractivity contribution in [3.05, 3.63) is 35.9 Å². The molecule has 4 nitrogen and oxygen atoms in total. The average Bonchev–Trinajstić information content (AvgIpc) is 2.45. The molecule has 0 bridgehead atoms. The van der Waals surface area contributed by atoms with E-state index in [0.717, 1.165) is 31.5 Å². The van der Waals surface area contributed by atoms with Gasteiger partial charge in [-0.05, 0) is 31.5 Å². The van der Waals surface area contributed by atoms with E-state index in [-0.39, 0.29) is 11.8 Å². The fourth-order valence-corrected chi connectivity index (χ4v) is 2.31. The molecule has 4 heteroatoms.